The topological polar surface area (TPSA) is 39.5 Å². The van der Waals surface area contributed by atoms with E-state index >= 15 is 0 Å². The first-order chi connectivity index (χ1) is 9.63. The van der Waals surface area contributed by atoms with Crippen molar-refractivity contribution in [1.82, 2.24) is 14.7 Å². The maximum Gasteiger partial charge on any atom is 0.170 e. The summed E-state index contributed by atoms with van der Waals surface area (Å²) in [4.78, 5) is 2.40. The van der Waals surface area contributed by atoms with Crippen molar-refractivity contribution < 1.29 is 9.47 Å². The van der Waals surface area contributed by atoms with Crippen LogP contribution in [0.4, 0.5) is 0 Å². The Bertz CT molecular complexity index is 473. The van der Waals surface area contributed by atoms with Crippen LogP contribution in [0.15, 0.2) is 0 Å². The van der Waals surface area contributed by atoms with E-state index in [2.05, 4.69) is 16.9 Å². The summed E-state index contributed by atoms with van der Waals surface area (Å²) in [6.07, 6.45) is 2.74. The van der Waals surface area contributed by atoms with Gasteiger partial charge in [0.1, 0.15) is 0 Å². The molecule has 0 amide bonds. The number of halogens is 1. The van der Waals surface area contributed by atoms with Crippen LogP contribution < -0.4 is 0 Å². The second-order valence-electron chi connectivity index (χ2n) is 5.57. The molecule has 2 saturated heterocycles. The van der Waals surface area contributed by atoms with Gasteiger partial charge < -0.3 is 9.47 Å². The van der Waals surface area contributed by atoms with Crippen LogP contribution in [-0.4, -0.2) is 46.8 Å². The number of nitrogens with zero attached hydrogens (tertiary/aromatic N) is 3. The molecule has 3 rings (SSSR count). The summed E-state index contributed by atoms with van der Waals surface area (Å²) in [5.41, 5.74) is 2.09. The van der Waals surface area contributed by atoms with E-state index in [1.54, 1.807) is 0 Å². The van der Waals surface area contributed by atoms with Gasteiger partial charge in [0.15, 0.2) is 5.79 Å². The summed E-state index contributed by atoms with van der Waals surface area (Å²) in [7, 11) is 1.97. The molecule has 5 nitrogen and oxygen atoms in total. The van der Waals surface area contributed by atoms with Crippen molar-refractivity contribution in [2.24, 2.45) is 7.05 Å². The average molecular weight is 300 g/mol. The second-order valence-corrected chi connectivity index (χ2v) is 5.95. The Labute approximate surface area is 124 Å². The Hall–Kier alpha value is -0.620. The molecule has 0 radical (unpaired) electrons. The van der Waals surface area contributed by atoms with E-state index in [1.165, 1.54) is 0 Å². The minimum absolute atomic E-state index is 0.304. The smallest absolute Gasteiger partial charge is 0.170 e. The third-order valence-corrected chi connectivity index (χ3v) is 4.74. The summed E-state index contributed by atoms with van der Waals surface area (Å²) in [5.74, 6) is -0.304. The van der Waals surface area contributed by atoms with Gasteiger partial charge in [0, 0.05) is 39.5 Å². The first kappa shape index (κ1) is 14.3. The molecule has 2 aliphatic rings. The van der Waals surface area contributed by atoms with Gasteiger partial charge in [-0.1, -0.05) is 18.5 Å². The average Bonchev–Trinajstić information content (AvgIpc) is 3.01. The van der Waals surface area contributed by atoms with Gasteiger partial charge in [0.2, 0.25) is 0 Å². The molecule has 2 fully saturated rings. The van der Waals surface area contributed by atoms with Crippen LogP contribution in [0.5, 0.6) is 0 Å². The number of aryl methyl sites for hydroxylation is 2. The molecule has 112 valence electrons. The number of aromatic nitrogens is 2. The minimum Gasteiger partial charge on any atom is -0.347 e. The first-order valence-electron chi connectivity index (χ1n) is 7.34. The maximum absolute atomic E-state index is 6.41. The molecular formula is C14H22ClN3O2. The highest BCUT2D eigenvalue weighted by Gasteiger charge is 2.39. The molecule has 3 heterocycles. The third kappa shape index (κ3) is 2.60. The fourth-order valence-corrected chi connectivity index (χ4v) is 3.39. The molecule has 0 atom stereocenters. The number of piperidine rings is 1. The summed E-state index contributed by atoms with van der Waals surface area (Å²) < 4.78 is 13.4. The van der Waals surface area contributed by atoms with E-state index in [9.17, 15) is 0 Å². The van der Waals surface area contributed by atoms with E-state index < -0.39 is 0 Å². The van der Waals surface area contributed by atoms with Crippen LogP contribution in [0, 0.1) is 0 Å². The number of hydrogen-bond acceptors (Lipinski definition) is 4. The number of ether oxygens (including phenoxy) is 2. The quantitative estimate of drug-likeness (QED) is 0.855. The zero-order valence-electron chi connectivity index (χ0n) is 12.2. The van der Waals surface area contributed by atoms with E-state index in [1.807, 2.05) is 11.7 Å². The number of likely N-dealkylation sites (tertiary alicyclic amines) is 1. The lowest BCUT2D eigenvalue weighted by Gasteiger charge is -2.37. The Morgan fingerprint density at radius 3 is 2.45 bits per heavy atom. The van der Waals surface area contributed by atoms with Gasteiger partial charge in [-0.15, -0.1) is 0 Å². The monoisotopic (exact) mass is 299 g/mol. The van der Waals surface area contributed by atoms with Gasteiger partial charge in [-0.25, -0.2) is 0 Å². The molecule has 0 saturated carbocycles. The van der Waals surface area contributed by atoms with Crippen LogP contribution in [0.1, 0.15) is 31.2 Å². The predicted octanol–water partition coefficient (Wildman–Crippen LogP) is 1.97. The molecule has 0 bridgehead atoms. The molecule has 1 spiro atoms. The van der Waals surface area contributed by atoms with Gasteiger partial charge in [0.25, 0.3) is 0 Å². The summed E-state index contributed by atoms with van der Waals surface area (Å²) in [6.45, 7) is 6.34. The molecule has 1 aromatic rings. The lowest BCUT2D eigenvalue weighted by atomic mass is 10.0. The van der Waals surface area contributed by atoms with Crippen molar-refractivity contribution in [2.75, 3.05) is 26.3 Å². The van der Waals surface area contributed by atoms with Crippen molar-refractivity contribution in [3.05, 3.63) is 16.4 Å². The lowest BCUT2D eigenvalue weighted by molar-refractivity contribution is -0.185. The van der Waals surface area contributed by atoms with Crippen molar-refractivity contribution in [3.8, 4) is 0 Å². The van der Waals surface area contributed by atoms with E-state index in [4.69, 9.17) is 21.1 Å². The van der Waals surface area contributed by atoms with Crippen molar-refractivity contribution in [3.63, 3.8) is 0 Å². The SMILES string of the molecule is CCc1nn(C)c(CN2CCC3(CC2)OCCO3)c1Cl. The Balaban J connectivity index is 1.63. The molecule has 20 heavy (non-hydrogen) atoms. The highest BCUT2D eigenvalue weighted by atomic mass is 35.5. The zero-order chi connectivity index (χ0) is 14.2. The minimum atomic E-state index is -0.304. The summed E-state index contributed by atoms with van der Waals surface area (Å²) in [5, 5.41) is 5.30. The molecule has 0 unspecified atom stereocenters. The van der Waals surface area contributed by atoms with Gasteiger partial charge in [-0.2, -0.15) is 5.10 Å². The third-order valence-electron chi connectivity index (χ3n) is 4.31. The normalized spacial score (nSPS) is 22.8. The van der Waals surface area contributed by atoms with Crippen molar-refractivity contribution in [1.29, 1.82) is 0 Å². The summed E-state index contributed by atoms with van der Waals surface area (Å²) >= 11 is 6.41. The van der Waals surface area contributed by atoms with Crippen LogP contribution in [0.3, 0.4) is 0 Å². The zero-order valence-corrected chi connectivity index (χ0v) is 12.9. The fourth-order valence-electron chi connectivity index (χ4n) is 3.04. The van der Waals surface area contributed by atoms with Gasteiger partial charge in [-0.05, 0) is 6.42 Å². The first-order valence-corrected chi connectivity index (χ1v) is 7.72. The Morgan fingerprint density at radius 1 is 1.25 bits per heavy atom. The van der Waals surface area contributed by atoms with Crippen LogP contribution in [-0.2, 0) is 29.5 Å². The number of rotatable bonds is 3. The molecule has 0 aliphatic carbocycles. The Kier molecular flexibility index (Phi) is 4.04. The molecule has 0 aromatic carbocycles. The fraction of sp³-hybridized carbons (Fsp3) is 0.786. The highest BCUT2D eigenvalue weighted by molar-refractivity contribution is 6.31. The van der Waals surface area contributed by atoms with E-state index in [0.29, 0.717) is 0 Å². The molecule has 1 aromatic heterocycles. The summed E-state index contributed by atoms with van der Waals surface area (Å²) in [6, 6.07) is 0. The second kappa shape index (κ2) is 5.64. The lowest BCUT2D eigenvalue weighted by Crippen LogP contribution is -2.44. The van der Waals surface area contributed by atoms with E-state index in [0.717, 1.165) is 68.5 Å². The Morgan fingerprint density at radius 2 is 1.90 bits per heavy atom. The molecule has 2 aliphatic heterocycles. The van der Waals surface area contributed by atoms with Gasteiger partial charge in [-0.3, -0.25) is 9.58 Å². The molecule has 0 N–H and O–H groups in total. The van der Waals surface area contributed by atoms with Gasteiger partial charge >= 0.3 is 0 Å². The highest BCUT2D eigenvalue weighted by Crippen LogP contribution is 2.32. The standard InChI is InChI=1S/C14H22ClN3O2/c1-3-11-13(15)12(17(2)16-11)10-18-6-4-14(5-7-18)19-8-9-20-14/h3-10H2,1-2H3. The number of hydrogen-bond donors (Lipinski definition) is 0. The van der Waals surface area contributed by atoms with E-state index in [-0.39, 0.29) is 5.79 Å². The largest absolute Gasteiger partial charge is 0.347 e. The maximum atomic E-state index is 6.41. The van der Waals surface area contributed by atoms with Crippen LogP contribution >= 0.6 is 11.6 Å². The van der Waals surface area contributed by atoms with Crippen LogP contribution in [0.2, 0.25) is 5.02 Å². The van der Waals surface area contributed by atoms with Crippen LogP contribution in [0.25, 0.3) is 0 Å². The molecule has 6 heteroatoms. The molecular weight excluding hydrogens is 278 g/mol. The van der Waals surface area contributed by atoms with Crippen molar-refractivity contribution in [2.45, 2.75) is 38.5 Å². The predicted molar refractivity (Wildman–Crippen MR) is 76.7 cm³/mol. The van der Waals surface area contributed by atoms with Crippen molar-refractivity contribution >= 4 is 11.6 Å². The van der Waals surface area contributed by atoms with Gasteiger partial charge in [0.05, 0.1) is 29.6 Å².